The lowest BCUT2D eigenvalue weighted by atomic mass is 10.2. The summed E-state index contributed by atoms with van der Waals surface area (Å²) in [6, 6.07) is -1.82. The highest BCUT2D eigenvalue weighted by atomic mass is 16.4. The number of nitrogens with two attached hydrogens (primary N) is 4. The van der Waals surface area contributed by atoms with Crippen LogP contribution in [0.1, 0.15) is 32.6 Å². The fourth-order valence-electron chi connectivity index (χ4n) is 1.56. The molecule has 0 aromatic heterocycles. The Kier molecular flexibility index (Phi) is 21.3. The number of rotatable bonds is 8. The van der Waals surface area contributed by atoms with Gasteiger partial charge < -0.3 is 54.0 Å². The summed E-state index contributed by atoms with van der Waals surface area (Å²) in [5.41, 5.74) is 19.6. The molecule has 15 nitrogen and oxygen atoms in total. The molecule has 0 aliphatic carbocycles. The van der Waals surface area contributed by atoms with Gasteiger partial charge in [-0.1, -0.05) is 0 Å². The van der Waals surface area contributed by atoms with Crippen LogP contribution in [0.4, 0.5) is 0 Å². The number of carboxylic acids is 4. The van der Waals surface area contributed by atoms with E-state index in [1.165, 1.54) is 6.92 Å². The predicted octanol–water partition coefficient (Wildman–Crippen LogP) is -3.07. The molecular weight excluding hydrogens is 418 g/mol. The van der Waals surface area contributed by atoms with Crippen molar-refractivity contribution in [3.63, 3.8) is 0 Å². The second-order valence-corrected chi connectivity index (χ2v) is 6.14. The summed E-state index contributed by atoms with van der Waals surface area (Å²) < 4.78 is 0. The zero-order valence-electron chi connectivity index (χ0n) is 17.4. The van der Waals surface area contributed by atoms with Gasteiger partial charge in [0.05, 0.1) is 6.54 Å². The van der Waals surface area contributed by atoms with E-state index in [2.05, 4.69) is 16.4 Å². The molecule has 1 saturated heterocycles. The maximum absolute atomic E-state index is 10.2. The summed E-state index contributed by atoms with van der Waals surface area (Å²) >= 11 is 0. The number of carbonyl (C=O) groups is 4. The van der Waals surface area contributed by atoms with E-state index in [-0.39, 0.29) is 18.5 Å². The Morgan fingerprint density at radius 3 is 1.84 bits per heavy atom. The smallest absolute Gasteiger partial charge is 0.320 e. The monoisotopic (exact) mass is 453 g/mol. The van der Waals surface area contributed by atoms with Crippen LogP contribution in [0.15, 0.2) is 0 Å². The zero-order chi connectivity index (χ0) is 25.0. The van der Waals surface area contributed by atoms with E-state index >= 15 is 0 Å². The van der Waals surface area contributed by atoms with Crippen molar-refractivity contribution in [1.82, 2.24) is 10.6 Å². The Morgan fingerprint density at radius 2 is 1.61 bits per heavy atom. The molecule has 1 fully saturated rings. The Bertz CT molecular complexity index is 554. The molecule has 1 aliphatic heterocycles. The number of guanidine groups is 1. The second-order valence-electron chi connectivity index (χ2n) is 6.14. The topological polar surface area (TPSA) is 301 Å². The highest BCUT2D eigenvalue weighted by Gasteiger charge is 2.20. The summed E-state index contributed by atoms with van der Waals surface area (Å²) in [4.78, 5) is 39.2. The normalized spacial score (nSPS) is 15.8. The average molecular weight is 453 g/mol. The number of aliphatic carboxylic acids is 4. The van der Waals surface area contributed by atoms with Gasteiger partial charge in [-0.2, -0.15) is 0 Å². The molecule has 31 heavy (non-hydrogen) atoms. The van der Waals surface area contributed by atoms with Crippen LogP contribution in [0.3, 0.4) is 0 Å². The van der Waals surface area contributed by atoms with Crippen LogP contribution in [-0.2, 0) is 19.2 Å². The first-order chi connectivity index (χ1) is 14.3. The number of nitrogens with one attached hydrogen (secondary N) is 3. The molecule has 15 N–H and O–H groups in total. The Balaban J connectivity index is -0.000000359. The van der Waals surface area contributed by atoms with Gasteiger partial charge in [0, 0.05) is 6.54 Å². The minimum absolute atomic E-state index is 0.112. The van der Waals surface area contributed by atoms with Crippen molar-refractivity contribution in [1.29, 1.82) is 5.41 Å². The van der Waals surface area contributed by atoms with Crippen molar-refractivity contribution in [2.75, 3.05) is 19.6 Å². The van der Waals surface area contributed by atoms with E-state index in [0.29, 0.717) is 19.4 Å². The fourth-order valence-corrected chi connectivity index (χ4v) is 1.56. The van der Waals surface area contributed by atoms with Crippen LogP contribution < -0.4 is 33.6 Å². The second kappa shape index (κ2) is 20.3. The molecular formula is C16H35N7O8. The van der Waals surface area contributed by atoms with E-state index in [1.54, 1.807) is 0 Å². The van der Waals surface area contributed by atoms with Gasteiger partial charge in [-0.05, 0) is 39.2 Å². The molecule has 182 valence electrons. The van der Waals surface area contributed by atoms with Gasteiger partial charge in [-0.3, -0.25) is 24.6 Å². The van der Waals surface area contributed by atoms with Gasteiger partial charge in [0.25, 0.3) is 0 Å². The molecule has 0 spiro atoms. The number of hydrogen-bond donors (Lipinski definition) is 11. The summed E-state index contributed by atoms with van der Waals surface area (Å²) in [7, 11) is 0. The van der Waals surface area contributed by atoms with E-state index in [0.717, 1.165) is 19.4 Å². The van der Waals surface area contributed by atoms with E-state index in [9.17, 15) is 19.2 Å². The number of hydrogen-bond acceptors (Lipinski definition) is 9. The fraction of sp³-hybridized carbons (Fsp3) is 0.688. The lowest BCUT2D eigenvalue weighted by Gasteiger charge is -2.06. The molecule has 0 bridgehead atoms. The molecule has 0 unspecified atom stereocenters. The minimum atomic E-state index is -1.00. The number of carboxylic acid groups (broad SMARTS) is 4. The summed E-state index contributed by atoms with van der Waals surface area (Å²) in [5.74, 6) is -3.76. The summed E-state index contributed by atoms with van der Waals surface area (Å²) in [5, 5.41) is 44.4. The first-order valence-electron chi connectivity index (χ1n) is 9.18. The van der Waals surface area contributed by atoms with E-state index in [1.807, 2.05) is 0 Å². The molecule has 0 amide bonds. The molecule has 15 heteroatoms. The van der Waals surface area contributed by atoms with Gasteiger partial charge >= 0.3 is 23.9 Å². The van der Waals surface area contributed by atoms with Gasteiger partial charge in [0.15, 0.2) is 5.96 Å². The minimum Gasteiger partial charge on any atom is -0.480 e. The van der Waals surface area contributed by atoms with Crippen LogP contribution in [0.5, 0.6) is 0 Å². The third-order valence-corrected chi connectivity index (χ3v) is 3.25. The van der Waals surface area contributed by atoms with Gasteiger partial charge in [-0.15, -0.1) is 0 Å². The molecule has 0 saturated carbocycles. The van der Waals surface area contributed by atoms with Crippen molar-refractivity contribution in [3.05, 3.63) is 0 Å². The van der Waals surface area contributed by atoms with Crippen LogP contribution >= 0.6 is 0 Å². The Hall–Kier alpha value is -3.01. The van der Waals surface area contributed by atoms with E-state index < -0.39 is 36.0 Å². The first kappa shape index (κ1) is 32.6. The summed E-state index contributed by atoms with van der Waals surface area (Å²) in [6.45, 7) is 2.48. The van der Waals surface area contributed by atoms with Crippen LogP contribution in [0, 0.1) is 5.41 Å². The molecule has 0 aromatic carbocycles. The quantitative estimate of drug-likeness (QED) is 0.0987. The van der Waals surface area contributed by atoms with Gasteiger partial charge in [-0.25, -0.2) is 0 Å². The van der Waals surface area contributed by atoms with Crippen molar-refractivity contribution >= 4 is 29.8 Å². The van der Waals surface area contributed by atoms with Crippen molar-refractivity contribution in [3.8, 4) is 0 Å². The molecule has 0 aromatic rings. The molecule has 1 heterocycles. The highest BCUT2D eigenvalue weighted by Crippen LogP contribution is 2.03. The zero-order valence-corrected chi connectivity index (χ0v) is 17.4. The maximum Gasteiger partial charge on any atom is 0.320 e. The van der Waals surface area contributed by atoms with Crippen molar-refractivity contribution in [2.45, 2.75) is 50.7 Å². The largest absolute Gasteiger partial charge is 0.480 e. The van der Waals surface area contributed by atoms with Crippen LogP contribution in [0.2, 0.25) is 0 Å². The van der Waals surface area contributed by atoms with Crippen molar-refractivity contribution < 1.29 is 39.6 Å². The van der Waals surface area contributed by atoms with Gasteiger partial charge in [0.1, 0.15) is 18.1 Å². The maximum atomic E-state index is 10.2. The van der Waals surface area contributed by atoms with Crippen molar-refractivity contribution in [2.24, 2.45) is 22.9 Å². The van der Waals surface area contributed by atoms with Gasteiger partial charge in [0.2, 0.25) is 0 Å². The first-order valence-corrected chi connectivity index (χ1v) is 9.18. The van der Waals surface area contributed by atoms with Crippen LogP contribution in [-0.4, -0.2) is 88.0 Å². The standard InChI is InChI=1S/C6H14N4O2.C5H9NO2.C3H7NO2.C2H5NO2/c7-4(5(11)12)2-1-3-10-6(8)9;7-5(8)4-2-1-3-6-4;1-2(4)3(5)6;3-1-2(4)5/h4H,1-3,7H2,(H,11,12)(H4,8,9,10);4,6H,1-3H2,(H,7,8);2H,4H2,1H3,(H,5,6);1,3H2,(H,4,5)/t2*4-;2-;/m000./s1. The molecule has 1 rings (SSSR count). The lowest BCUT2D eigenvalue weighted by Crippen LogP contribution is -2.34. The Morgan fingerprint density at radius 1 is 1.13 bits per heavy atom. The SMILES string of the molecule is C[C@H](N)C(=O)O.N=C(N)NCCC[C@H](N)C(=O)O.NCC(=O)O.O=C(O)[C@@H]1CCCN1. The highest BCUT2D eigenvalue weighted by molar-refractivity contribution is 5.74. The third-order valence-electron chi connectivity index (χ3n) is 3.25. The molecule has 1 aliphatic rings. The molecule has 0 radical (unpaired) electrons. The van der Waals surface area contributed by atoms with E-state index in [4.69, 9.17) is 43.0 Å². The summed E-state index contributed by atoms with van der Waals surface area (Å²) in [6.07, 6.45) is 2.76. The Labute approximate surface area is 179 Å². The predicted molar refractivity (Wildman–Crippen MR) is 111 cm³/mol. The average Bonchev–Trinajstić information content (AvgIpc) is 3.21. The third kappa shape index (κ3) is 27.0. The van der Waals surface area contributed by atoms with Crippen LogP contribution in [0.25, 0.3) is 0 Å². The lowest BCUT2D eigenvalue weighted by molar-refractivity contribution is -0.139. The molecule has 3 atom stereocenters.